The molecule has 0 saturated heterocycles. The largest absolute Gasteiger partial charge is 0.463 e. The number of carbonyl (C=O) groups excluding carboxylic acids is 1. The van der Waals surface area contributed by atoms with Crippen LogP contribution in [0.2, 0.25) is 10.0 Å². The normalized spacial score (nSPS) is 15.5. The maximum Gasteiger partial charge on any atom is 0.338 e. The molecule has 0 bridgehead atoms. The number of esters is 1. The van der Waals surface area contributed by atoms with Crippen LogP contribution in [-0.4, -0.2) is 17.1 Å². The predicted octanol–water partition coefficient (Wildman–Crippen LogP) is 5.67. The van der Waals surface area contributed by atoms with Gasteiger partial charge in [0.1, 0.15) is 11.5 Å². The van der Waals surface area contributed by atoms with Crippen LogP contribution in [0.3, 0.4) is 0 Å². The van der Waals surface area contributed by atoms with E-state index in [1.54, 1.807) is 48.8 Å². The van der Waals surface area contributed by atoms with E-state index >= 15 is 0 Å². The van der Waals surface area contributed by atoms with E-state index in [-0.39, 0.29) is 12.2 Å². The Balaban J connectivity index is 1.62. The molecule has 1 unspecified atom stereocenters. The number of allylic oxidation sites excluding steroid dienone is 1. The zero-order chi connectivity index (χ0) is 26.3. The number of ether oxygens (including phenoxy) is 1. The summed E-state index contributed by atoms with van der Waals surface area (Å²) < 4.78 is 13.3. The van der Waals surface area contributed by atoms with E-state index in [1.165, 1.54) is 11.3 Å². The van der Waals surface area contributed by atoms with E-state index in [4.69, 9.17) is 32.4 Å². The fourth-order valence-corrected chi connectivity index (χ4v) is 5.54. The highest BCUT2D eigenvalue weighted by molar-refractivity contribution is 7.07. The lowest BCUT2D eigenvalue weighted by Gasteiger charge is -2.24. The first kappa shape index (κ1) is 25.3. The minimum Gasteiger partial charge on any atom is -0.463 e. The molecule has 3 heterocycles. The van der Waals surface area contributed by atoms with E-state index in [0.717, 1.165) is 16.7 Å². The minimum atomic E-state index is -0.651. The molecule has 5 rings (SSSR count). The van der Waals surface area contributed by atoms with Crippen LogP contribution >= 0.6 is 34.5 Å². The number of furan rings is 1. The van der Waals surface area contributed by atoms with Gasteiger partial charge < -0.3 is 9.15 Å². The SMILES string of the molecule is CCOC(=O)C1=C(C)N=c2sc(=Cc3ccc(-c4ccc(Cl)c(Cl)c4)o3)c(=O)n2C1c1ccc(C)cc1. The van der Waals surface area contributed by atoms with Gasteiger partial charge >= 0.3 is 5.97 Å². The lowest BCUT2D eigenvalue weighted by atomic mass is 9.95. The van der Waals surface area contributed by atoms with Crippen LogP contribution < -0.4 is 14.9 Å². The minimum absolute atomic E-state index is 0.223. The first-order valence-corrected chi connectivity index (χ1v) is 13.2. The van der Waals surface area contributed by atoms with Gasteiger partial charge in [-0.3, -0.25) is 9.36 Å². The molecule has 0 N–H and O–H groups in total. The van der Waals surface area contributed by atoms with Crippen LogP contribution in [0.25, 0.3) is 17.4 Å². The predicted molar refractivity (Wildman–Crippen MR) is 146 cm³/mol. The number of hydrogen-bond donors (Lipinski definition) is 0. The average molecular weight is 553 g/mol. The highest BCUT2D eigenvalue weighted by atomic mass is 35.5. The molecule has 1 atom stereocenters. The van der Waals surface area contributed by atoms with Crippen LogP contribution in [0.15, 0.2) is 80.1 Å². The molecule has 0 spiro atoms. The van der Waals surface area contributed by atoms with E-state index < -0.39 is 12.0 Å². The van der Waals surface area contributed by atoms with Crippen LogP contribution in [0.4, 0.5) is 0 Å². The number of benzene rings is 2. The van der Waals surface area contributed by atoms with E-state index in [1.807, 2.05) is 37.3 Å². The van der Waals surface area contributed by atoms with Gasteiger partial charge in [0.05, 0.1) is 38.5 Å². The molecule has 6 nitrogen and oxygen atoms in total. The molecule has 2 aromatic carbocycles. The molecule has 0 fully saturated rings. The summed E-state index contributed by atoms with van der Waals surface area (Å²) in [6, 6.07) is 15.9. The molecule has 0 radical (unpaired) electrons. The number of nitrogens with zero attached hydrogens (tertiary/aromatic N) is 2. The number of hydrogen-bond acceptors (Lipinski definition) is 6. The number of thiazole rings is 1. The molecule has 0 amide bonds. The van der Waals surface area contributed by atoms with Gasteiger partial charge in [-0.25, -0.2) is 9.79 Å². The first-order chi connectivity index (χ1) is 17.8. The third kappa shape index (κ3) is 4.82. The van der Waals surface area contributed by atoms with Crippen molar-refractivity contribution in [2.75, 3.05) is 6.61 Å². The topological polar surface area (TPSA) is 73.8 Å². The molecule has 37 heavy (non-hydrogen) atoms. The average Bonchev–Trinajstić information content (AvgIpc) is 3.45. The van der Waals surface area contributed by atoms with Gasteiger partial charge in [0.15, 0.2) is 4.80 Å². The van der Waals surface area contributed by atoms with Crippen LogP contribution in [0.1, 0.15) is 36.8 Å². The summed E-state index contributed by atoms with van der Waals surface area (Å²) in [6.07, 6.45) is 1.68. The van der Waals surface area contributed by atoms with E-state index in [0.29, 0.717) is 42.2 Å². The maximum absolute atomic E-state index is 13.7. The van der Waals surface area contributed by atoms with Gasteiger partial charge in [-0.15, -0.1) is 0 Å². The number of carbonyl (C=O) groups is 1. The lowest BCUT2D eigenvalue weighted by Crippen LogP contribution is -2.39. The van der Waals surface area contributed by atoms with Crippen LogP contribution in [0.5, 0.6) is 0 Å². The number of halogens is 2. The molecule has 1 aliphatic rings. The maximum atomic E-state index is 13.7. The van der Waals surface area contributed by atoms with Crippen molar-refractivity contribution >= 4 is 46.6 Å². The van der Waals surface area contributed by atoms with Crippen molar-refractivity contribution in [1.82, 2.24) is 4.57 Å². The molecule has 2 aromatic heterocycles. The Hall–Kier alpha value is -3.39. The Morgan fingerprint density at radius 1 is 1.11 bits per heavy atom. The van der Waals surface area contributed by atoms with Gasteiger partial charge in [-0.2, -0.15) is 0 Å². The fraction of sp³-hybridized carbons (Fsp3) is 0.179. The highest BCUT2D eigenvalue weighted by Crippen LogP contribution is 2.31. The second-order valence-corrected chi connectivity index (χ2v) is 10.4. The molecule has 0 aliphatic carbocycles. The third-order valence-corrected chi connectivity index (χ3v) is 7.74. The molecule has 4 aromatic rings. The zero-order valence-corrected chi connectivity index (χ0v) is 22.6. The smallest absolute Gasteiger partial charge is 0.338 e. The zero-order valence-electron chi connectivity index (χ0n) is 20.2. The van der Waals surface area contributed by atoms with Crippen molar-refractivity contribution in [2.45, 2.75) is 26.8 Å². The Bertz CT molecular complexity index is 1730. The van der Waals surface area contributed by atoms with Crippen molar-refractivity contribution < 1.29 is 13.9 Å². The lowest BCUT2D eigenvalue weighted by molar-refractivity contribution is -0.139. The van der Waals surface area contributed by atoms with Crippen LogP contribution in [0, 0.1) is 6.92 Å². The number of fused-ring (bicyclic) bond motifs is 1. The van der Waals surface area contributed by atoms with E-state index in [2.05, 4.69) is 4.99 Å². The van der Waals surface area contributed by atoms with Gasteiger partial charge in [-0.05, 0) is 56.7 Å². The highest BCUT2D eigenvalue weighted by Gasteiger charge is 2.33. The van der Waals surface area contributed by atoms with Gasteiger partial charge in [-0.1, -0.05) is 64.4 Å². The summed E-state index contributed by atoms with van der Waals surface area (Å²) in [7, 11) is 0. The summed E-state index contributed by atoms with van der Waals surface area (Å²) in [4.78, 5) is 31.8. The second-order valence-electron chi connectivity index (χ2n) is 8.54. The number of aromatic nitrogens is 1. The Morgan fingerprint density at radius 3 is 2.57 bits per heavy atom. The van der Waals surface area contributed by atoms with Crippen molar-refractivity contribution in [3.05, 3.63) is 112 Å². The summed E-state index contributed by atoms with van der Waals surface area (Å²) in [6.45, 7) is 5.72. The molecule has 1 aliphatic heterocycles. The van der Waals surface area contributed by atoms with Gasteiger partial charge in [0.25, 0.3) is 5.56 Å². The van der Waals surface area contributed by atoms with Crippen LogP contribution in [-0.2, 0) is 9.53 Å². The fourth-order valence-electron chi connectivity index (χ4n) is 4.22. The molecule has 9 heteroatoms. The molecule has 0 saturated carbocycles. The number of rotatable bonds is 5. The summed E-state index contributed by atoms with van der Waals surface area (Å²) in [5.74, 6) is 0.607. The summed E-state index contributed by atoms with van der Waals surface area (Å²) in [5.41, 5.74) is 3.25. The first-order valence-electron chi connectivity index (χ1n) is 11.6. The molecular formula is C28H22Cl2N2O4S. The summed E-state index contributed by atoms with van der Waals surface area (Å²) >= 11 is 13.4. The molecular weight excluding hydrogens is 531 g/mol. The van der Waals surface area contributed by atoms with Gasteiger partial charge in [0.2, 0.25) is 0 Å². The quantitative estimate of drug-likeness (QED) is 0.299. The standard InChI is InChI=1S/C28H22Cl2N2O4S/c1-4-35-27(34)24-16(3)31-28-32(25(24)17-7-5-15(2)6-8-17)26(33)23(37-28)14-19-10-12-22(36-19)18-9-11-20(29)21(30)13-18/h5-14,25H,4H2,1-3H3. The second kappa shape index (κ2) is 10.2. The Labute approximate surface area is 226 Å². The number of aryl methyl sites for hydroxylation is 1. The summed E-state index contributed by atoms with van der Waals surface area (Å²) in [5, 5.41) is 0.883. The molecule has 188 valence electrons. The van der Waals surface area contributed by atoms with Crippen molar-refractivity contribution in [2.24, 2.45) is 4.99 Å². The van der Waals surface area contributed by atoms with Gasteiger partial charge in [0, 0.05) is 11.6 Å². The Kier molecular flexibility index (Phi) is 6.94. The van der Waals surface area contributed by atoms with Crippen molar-refractivity contribution in [3.8, 4) is 11.3 Å². The Morgan fingerprint density at radius 2 is 1.86 bits per heavy atom. The third-order valence-electron chi connectivity index (χ3n) is 6.01. The van der Waals surface area contributed by atoms with Crippen molar-refractivity contribution in [3.63, 3.8) is 0 Å². The van der Waals surface area contributed by atoms with E-state index in [9.17, 15) is 9.59 Å². The van der Waals surface area contributed by atoms with Crippen molar-refractivity contribution in [1.29, 1.82) is 0 Å². The monoisotopic (exact) mass is 552 g/mol.